The van der Waals surface area contributed by atoms with Gasteiger partial charge in [-0.3, -0.25) is 14.4 Å². The fourth-order valence-electron chi connectivity index (χ4n) is 4.93. The van der Waals surface area contributed by atoms with Crippen molar-refractivity contribution in [2.45, 2.75) is 67.8 Å². The van der Waals surface area contributed by atoms with Crippen molar-refractivity contribution in [1.82, 2.24) is 0 Å². The number of carbonyl (C=O) groups excluding carboxylic acids is 2. The van der Waals surface area contributed by atoms with Crippen LogP contribution in [-0.4, -0.2) is 153 Å². The average molecular weight is 731 g/mol. The third-order valence-electron chi connectivity index (χ3n) is 7.65. The van der Waals surface area contributed by atoms with E-state index in [-0.39, 0.29) is 33.8 Å². The lowest BCUT2D eigenvalue weighted by atomic mass is 9.99. The summed E-state index contributed by atoms with van der Waals surface area (Å²) in [4.78, 5) is 35.9. The van der Waals surface area contributed by atoms with E-state index >= 15 is 0 Å². The Kier molecular flexibility index (Phi) is 12.3. The third kappa shape index (κ3) is 8.40. The summed E-state index contributed by atoms with van der Waals surface area (Å²) in [7, 11) is 0. The Bertz CT molecular complexity index is 1720. The summed E-state index contributed by atoms with van der Waals surface area (Å²) in [5.74, 6) is -5.29. The lowest BCUT2D eigenvalue weighted by Gasteiger charge is -2.39. The molecule has 0 amide bonds. The molecule has 5 rings (SSSR count). The van der Waals surface area contributed by atoms with Gasteiger partial charge in [0, 0.05) is 17.7 Å². The molecule has 51 heavy (non-hydrogen) atoms. The van der Waals surface area contributed by atoms with Crippen LogP contribution >= 0.6 is 0 Å². The van der Waals surface area contributed by atoms with Gasteiger partial charge in [0.05, 0.1) is 13.2 Å². The van der Waals surface area contributed by atoms with Crippen molar-refractivity contribution >= 4 is 22.9 Å². The van der Waals surface area contributed by atoms with E-state index in [1.807, 2.05) is 0 Å². The van der Waals surface area contributed by atoms with Crippen LogP contribution in [0.1, 0.15) is 6.42 Å². The molecule has 21 heteroatoms. The summed E-state index contributed by atoms with van der Waals surface area (Å²) in [5.41, 5.74) is -0.890. The number of aliphatic hydroxyl groups is 8. The number of hydrogen-bond donors (Lipinski definition) is 13. The van der Waals surface area contributed by atoms with Crippen molar-refractivity contribution < 1.29 is 99.3 Å². The predicted octanol–water partition coefficient (Wildman–Crippen LogP) is -3.95. The highest BCUT2D eigenvalue weighted by molar-refractivity contribution is 5.91. The van der Waals surface area contributed by atoms with Gasteiger partial charge < -0.3 is 89.7 Å². The molecule has 1 aromatic heterocycles. The monoisotopic (exact) mass is 730 g/mol. The molecule has 10 atom stereocenters. The van der Waals surface area contributed by atoms with Crippen LogP contribution in [0.15, 0.2) is 39.5 Å². The number of carbonyl (C=O) groups is 2. The van der Waals surface area contributed by atoms with Gasteiger partial charge in [-0.05, 0) is 18.2 Å². The van der Waals surface area contributed by atoms with Crippen LogP contribution in [0.4, 0.5) is 0 Å². The fourth-order valence-corrected chi connectivity index (χ4v) is 4.93. The number of benzene rings is 2. The van der Waals surface area contributed by atoms with Gasteiger partial charge in [0.25, 0.3) is 0 Å². The van der Waals surface area contributed by atoms with E-state index in [9.17, 15) is 70.6 Å². The molecule has 2 fully saturated rings. The Morgan fingerprint density at radius 1 is 0.647 bits per heavy atom. The van der Waals surface area contributed by atoms with Crippen molar-refractivity contribution in [1.29, 1.82) is 0 Å². The Morgan fingerprint density at radius 2 is 1.16 bits per heavy atom. The Labute approximate surface area is 284 Å². The minimum absolute atomic E-state index is 0.134. The molecular formula is C30H34O21. The Morgan fingerprint density at radius 3 is 1.63 bits per heavy atom. The molecule has 2 aliphatic rings. The van der Waals surface area contributed by atoms with Crippen molar-refractivity contribution in [3.8, 4) is 40.1 Å². The van der Waals surface area contributed by atoms with Crippen molar-refractivity contribution in [2.24, 2.45) is 0 Å². The van der Waals surface area contributed by atoms with Gasteiger partial charge in [-0.1, -0.05) is 0 Å². The number of esters is 2. The first kappa shape index (κ1) is 39.0. The highest BCUT2D eigenvalue weighted by Crippen LogP contribution is 2.37. The zero-order valence-electron chi connectivity index (χ0n) is 25.9. The molecule has 0 bridgehead atoms. The van der Waals surface area contributed by atoms with Crippen LogP contribution in [0, 0.1) is 0 Å². The van der Waals surface area contributed by atoms with E-state index in [1.165, 1.54) is 6.07 Å². The standard InChI is InChI=1S/C15H24O14.C15H10O7/c16-2-4-8(20)10(22)12(24)14(26-4)28-6(18)1-7(19)29-15-13(25)11(23)9(21)5(3-17)27-15;16-7-4-10(19)12-11(5-7)22-15(14(21)13(12)20)6-1-2-8(17)9(18)3-6/h4-5,8-17,20-25H,1-3H2;1-5,16-19,21H/t4-,5-,8-,9-,10+,11+,12-,13-,14?,15?;/m1./s1. The van der Waals surface area contributed by atoms with Crippen LogP contribution in [-0.2, 0) is 28.5 Å². The molecule has 2 aliphatic heterocycles. The molecule has 280 valence electrons. The van der Waals surface area contributed by atoms with E-state index in [0.717, 1.165) is 24.3 Å². The molecular weight excluding hydrogens is 696 g/mol. The second-order valence-electron chi connectivity index (χ2n) is 11.2. The maximum Gasteiger partial charge on any atom is 0.319 e. The quantitative estimate of drug-likeness (QED) is 0.0626. The molecule has 21 nitrogen and oxygen atoms in total. The van der Waals surface area contributed by atoms with Gasteiger partial charge in [0.2, 0.25) is 23.8 Å². The van der Waals surface area contributed by atoms with E-state index in [4.69, 9.17) is 33.6 Å². The summed E-state index contributed by atoms with van der Waals surface area (Å²) < 4.78 is 24.6. The van der Waals surface area contributed by atoms with Gasteiger partial charge in [0.1, 0.15) is 77.7 Å². The Balaban J connectivity index is 0.000000237. The predicted molar refractivity (Wildman–Crippen MR) is 161 cm³/mol. The van der Waals surface area contributed by atoms with E-state index in [1.54, 1.807) is 0 Å². The number of phenolic OH excluding ortho intramolecular Hbond substituents is 4. The van der Waals surface area contributed by atoms with Gasteiger partial charge in [0.15, 0.2) is 17.3 Å². The Hall–Kier alpha value is -4.81. The summed E-state index contributed by atoms with van der Waals surface area (Å²) in [6.45, 7) is -1.50. The van der Waals surface area contributed by atoms with Crippen molar-refractivity contribution in [3.05, 3.63) is 40.6 Å². The first-order valence-corrected chi connectivity index (χ1v) is 14.7. The van der Waals surface area contributed by atoms with Gasteiger partial charge >= 0.3 is 11.9 Å². The maximum absolute atomic E-state index is 12.1. The van der Waals surface area contributed by atoms with Crippen molar-refractivity contribution in [2.75, 3.05) is 13.2 Å². The molecule has 0 radical (unpaired) electrons. The van der Waals surface area contributed by atoms with E-state index in [2.05, 4.69) is 0 Å². The fraction of sp³-hybridized carbons (Fsp3) is 0.433. The lowest BCUT2D eigenvalue weighted by molar-refractivity contribution is -0.296. The molecule has 0 saturated carbocycles. The molecule has 13 N–H and O–H groups in total. The van der Waals surface area contributed by atoms with Gasteiger partial charge in [-0.15, -0.1) is 0 Å². The minimum atomic E-state index is -1.86. The van der Waals surface area contributed by atoms with E-state index in [0.29, 0.717) is 0 Å². The molecule has 3 heterocycles. The number of rotatable bonds is 7. The number of hydrogen-bond acceptors (Lipinski definition) is 21. The summed E-state index contributed by atoms with van der Waals surface area (Å²) >= 11 is 0. The number of phenols is 4. The van der Waals surface area contributed by atoms with Crippen LogP contribution in [0.5, 0.6) is 28.7 Å². The molecule has 0 spiro atoms. The summed E-state index contributed by atoms with van der Waals surface area (Å²) in [5, 5.41) is 124. The highest BCUT2D eigenvalue weighted by Gasteiger charge is 2.47. The first-order chi connectivity index (χ1) is 24.0. The molecule has 2 aromatic carbocycles. The van der Waals surface area contributed by atoms with Crippen LogP contribution in [0.2, 0.25) is 0 Å². The van der Waals surface area contributed by atoms with Crippen LogP contribution in [0.3, 0.4) is 0 Å². The topological polar surface area (TPSA) is 364 Å². The molecule has 0 aliphatic carbocycles. The average Bonchev–Trinajstić information content (AvgIpc) is 3.08. The normalized spacial score (nSPS) is 29.1. The SMILES string of the molecule is O=C(CC(=O)OC1O[C@H](CO)[C@@H](O)[C@H](O)[C@H]1O)OC1O[C@H](CO)[C@@H](O)[C@H](O)[C@H]1O.O=c1c(O)c(-c2ccc(O)c(O)c2)oc2cc(O)cc(O)c12. The molecule has 2 saturated heterocycles. The number of fused-ring (bicyclic) bond motifs is 1. The lowest BCUT2D eigenvalue weighted by Crippen LogP contribution is -2.60. The highest BCUT2D eigenvalue weighted by atomic mass is 16.7. The second kappa shape index (κ2) is 16.0. The van der Waals surface area contributed by atoms with E-state index < -0.39 is 116 Å². The smallest absolute Gasteiger partial charge is 0.319 e. The summed E-state index contributed by atoms with van der Waals surface area (Å²) in [6, 6.07) is 5.64. The summed E-state index contributed by atoms with van der Waals surface area (Å²) in [6.07, 6.45) is -17.9. The van der Waals surface area contributed by atoms with Gasteiger partial charge in [-0.25, -0.2) is 0 Å². The minimum Gasteiger partial charge on any atom is -0.508 e. The van der Waals surface area contributed by atoms with Crippen LogP contribution in [0.25, 0.3) is 22.3 Å². The molecule has 3 aromatic rings. The van der Waals surface area contributed by atoms with Crippen molar-refractivity contribution in [3.63, 3.8) is 0 Å². The largest absolute Gasteiger partial charge is 0.508 e. The number of ether oxygens (including phenoxy) is 4. The third-order valence-corrected chi connectivity index (χ3v) is 7.65. The van der Waals surface area contributed by atoms with Gasteiger partial charge in [-0.2, -0.15) is 0 Å². The number of aliphatic hydroxyl groups excluding tert-OH is 8. The first-order valence-electron chi connectivity index (χ1n) is 14.7. The zero-order chi connectivity index (χ0) is 37.9. The zero-order valence-corrected chi connectivity index (χ0v) is 25.9. The van der Waals surface area contributed by atoms with Crippen LogP contribution < -0.4 is 5.43 Å². The molecule has 2 unspecified atom stereocenters. The second-order valence-corrected chi connectivity index (χ2v) is 11.2. The maximum atomic E-state index is 12.1. The number of aromatic hydroxyl groups is 5.